The molecular weight excluding hydrogens is 672 g/mol. The fraction of sp³-hybridized carbons (Fsp3) is 0.325. The molecule has 0 radical (unpaired) electrons. The van der Waals surface area contributed by atoms with Gasteiger partial charge in [-0.25, -0.2) is 4.98 Å². The van der Waals surface area contributed by atoms with Crippen molar-refractivity contribution in [2.45, 2.75) is 50.7 Å². The molecule has 0 saturated carbocycles. The fourth-order valence-corrected chi connectivity index (χ4v) is 7.61. The molecule has 2 aromatic heterocycles. The van der Waals surface area contributed by atoms with Crippen molar-refractivity contribution < 1.29 is 23.9 Å². The number of nitrogens with zero attached hydrogens (tertiary/aromatic N) is 7. The van der Waals surface area contributed by atoms with Crippen molar-refractivity contribution in [2.24, 2.45) is 0 Å². The monoisotopic (exact) mass is 712 g/mol. The van der Waals surface area contributed by atoms with Crippen LogP contribution in [0.4, 0.5) is 5.69 Å². The standard InChI is InChI=1S/C40H40N8O5/c1-53-30-12-9-26(10-13-30)23-46(28-11-14-31-32(20-28)40(52)48(39(31)51)36-15-16-37(49)44-38(36)50)19-5-18-45-17-4-6-29(25-45)47-24-27(21-42-47)35-22-41-33-7-2-3-8-34(33)43-35/h2-3,7-14,20-22,24,29,36H,4-6,15-19,23,25H2,1H3,(H,44,49,50). The highest BCUT2D eigenvalue weighted by Gasteiger charge is 2.44. The van der Waals surface area contributed by atoms with Gasteiger partial charge in [0.15, 0.2) is 0 Å². The summed E-state index contributed by atoms with van der Waals surface area (Å²) < 4.78 is 7.43. The van der Waals surface area contributed by atoms with Gasteiger partial charge in [-0.05, 0) is 86.8 Å². The van der Waals surface area contributed by atoms with E-state index in [1.165, 1.54) is 0 Å². The van der Waals surface area contributed by atoms with Crippen LogP contribution in [0.5, 0.6) is 5.75 Å². The number of benzene rings is 3. The summed E-state index contributed by atoms with van der Waals surface area (Å²) in [5.41, 5.74) is 5.89. The third-order valence-electron chi connectivity index (χ3n) is 10.4. The van der Waals surface area contributed by atoms with Gasteiger partial charge in [-0.3, -0.25) is 39.1 Å². The summed E-state index contributed by atoms with van der Waals surface area (Å²) in [5, 5.41) is 6.99. The Kier molecular flexibility index (Phi) is 9.40. The first-order valence-electron chi connectivity index (χ1n) is 18.1. The normalized spacial score (nSPS) is 19.1. The highest BCUT2D eigenvalue weighted by molar-refractivity contribution is 6.23. The van der Waals surface area contributed by atoms with E-state index in [9.17, 15) is 19.2 Å². The maximum absolute atomic E-state index is 13.6. The molecule has 1 N–H and O–H groups in total. The van der Waals surface area contributed by atoms with Crippen LogP contribution in [0.15, 0.2) is 85.3 Å². The molecule has 0 aliphatic carbocycles. The minimum atomic E-state index is -1.01. The van der Waals surface area contributed by atoms with E-state index in [4.69, 9.17) is 14.8 Å². The summed E-state index contributed by atoms with van der Waals surface area (Å²) in [6, 6.07) is 20.3. The number of likely N-dealkylation sites (tertiary alicyclic amines) is 1. The van der Waals surface area contributed by atoms with Gasteiger partial charge in [0.25, 0.3) is 11.8 Å². The Morgan fingerprint density at radius 2 is 1.74 bits per heavy atom. The second kappa shape index (κ2) is 14.6. The molecule has 53 heavy (non-hydrogen) atoms. The number of piperidine rings is 2. The van der Waals surface area contributed by atoms with Gasteiger partial charge in [0, 0.05) is 43.5 Å². The second-order valence-corrected chi connectivity index (χ2v) is 13.8. The third kappa shape index (κ3) is 6.99. The van der Waals surface area contributed by atoms with E-state index in [0.29, 0.717) is 13.1 Å². The van der Waals surface area contributed by atoms with Crippen LogP contribution < -0.4 is 15.0 Å². The smallest absolute Gasteiger partial charge is 0.262 e. The van der Waals surface area contributed by atoms with Crippen LogP contribution in [0.1, 0.15) is 64.4 Å². The molecule has 8 rings (SSSR count). The van der Waals surface area contributed by atoms with E-state index >= 15 is 0 Å². The minimum absolute atomic E-state index is 0.0754. The summed E-state index contributed by atoms with van der Waals surface area (Å²) in [7, 11) is 1.64. The molecule has 0 bridgehead atoms. The maximum atomic E-state index is 13.6. The predicted octanol–water partition coefficient (Wildman–Crippen LogP) is 4.64. The number of para-hydroxylation sites is 2. The molecule has 2 fully saturated rings. The van der Waals surface area contributed by atoms with Gasteiger partial charge in [-0.2, -0.15) is 5.10 Å². The number of imide groups is 2. The van der Waals surface area contributed by atoms with Crippen molar-refractivity contribution in [1.29, 1.82) is 0 Å². The highest BCUT2D eigenvalue weighted by atomic mass is 16.5. The third-order valence-corrected chi connectivity index (χ3v) is 10.4. The van der Waals surface area contributed by atoms with Gasteiger partial charge < -0.3 is 14.5 Å². The number of hydrogen-bond acceptors (Lipinski definition) is 10. The van der Waals surface area contributed by atoms with Crippen LogP contribution in [-0.4, -0.2) is 92.5 Å². The summed E-state index contributed by atoms with van der Waals surface area (Å²) in [5.74, 6) is -1.28. The molecular formula is C40H40N8O5. The first-order valence-corrected chi connectivity index (χ1v) is 18.1. The number of ether oxygens (including phenoxy) is 1. The van der Waals surface area contributed by atoms with Gasteiger partial charge in [0.2, 0.25) is 11.8 Å². The molecule has 2 unspecified atom stereocenters. The molecule has 0 spiro atoms. The van der Waals surface area contributed by atoms with Crippen molar-refractivity contribution >= 4 is 40.3 Å². The lowest BCUT2D eigenvalue weighted by Gasteiger charge is -2.33. The molecule has 3 aromatic carbocycles. The van der Waals surface area contributed by atoms with Crippen molar-refractivity contribution in [1.82, 2.24) is 34.9 Å². The molecule has 13 heteroatoms. The number of anilines is 1. The van der Waals surface area contributed by atoms with Gasteiger partial charge in [0.05, 0.1) is 53.4 Å². The first-order chi connectivity index (χ1) is 25.8. The lowest BCUT2D eigenvalue weighted by atomic mass is 10.0. The number of hydrogen-bond donors (Lipinski definition) is 1. The van der Waals surface area contributed by atoms with E-state index in [0.717, 1.165) is 83.1 Å². The average molecular weight is 713 g/mol. The van der Waals surface area contributed by atoms with Gasteiger partial charge >= 0.3 is 0 Å². The minimum Gasteiger partial charge on any atom is -0.497 e. The van der Waals surface area contributed by atoms with E-state index in [1.54, 1.807) is 25.4 Å². The van der Waals surface area contributed by atoms with Crippen LogP contribution in [0.2, 0.25) is 0 Å². The Hall–Kier alpha value is -5.95. The zero-order valence-electron chi connectivity index (χ0n) is 29.5. The largest absolute Gasteiger partial charge is 0.497 e. The Morgan fingerprint density at radius 3 is 2.55 bits per heavy atom. The molecule has 4 amide bonds. The molecule has 2 saturated heterocycles. The number of carbonyl (C=O) groups is 4. The Morgan fingerprint density at radius 1 is 0.925 bits per heavy atom. The van der Waals surface area contributed by atoms with Gasteiger partial charge in [-0.15, -0.1) is 0 Å². The molecule has 2 atom stereocenters. The first kappa shape index (κ1) is 34.2. The average Bonchev–Trinajstić information content (AvgIpc) is 3.77. The molecule has 13 nitrogen and oxygen atoms in total. The summed E-state index contributed by atoms with van der Waals surface area (Å²) >= 11 is 0. The number of carbonyl (C=O) groups excluding carboxylic acids is 4. The Labute approximate surface area is 306 Å². The van der Waals surface area contributed by atoms with E-state index in [1.807, 2.05) is 60.8 Å². The van der Waals surface area contributed by atoms with E-state index < -0.39 is 29.7 Å². The van der Waals surface area contributed by atoms with Crippen LogP contribution in [-0.2, 0) is 16.1 Å². The van der Waals surface area contributed by atoms with E-state index in [-0.39, 0.29) is 30.0 Å². The number of rotatable bonds is 11. The van der Waals surface area contributed by atoms with Crippen molar-refractivity contribution in [3.05, 3.63) is 102 Å². The zero-order chi connectivity index (χ0) is 36.5. The van der Waals surface area contributed by atoms with Crippen LogP contribution in [0.25, 0.3) is 22.3 Å². The predicted molar refractivity (Wildman–Crippen MR) is 197 cm³/mol. The topological polar surface area (TPSA) is 143 Å². The SMILES string of the molecule is COc1ccc(CN(CCCN2CCCC(n3cc(-c4cnc5ccccc5n4)cn3)C2)c2ccc3c(c2)C(=O)N(C2CCC(=O)NC2=O)C3=O)cc1. The quantitative estimate of drug-likeness (QED) is 0.193. The lowest BCUT2D eigenvalue weighted by Crippen LogP contribution is -2.54. The number of fused-ring (bicyclic) bond motifs is 2. The molecule has 3 aliphatic heterocycles. The van der Waals surface area contributed by atoms with Gasteiger partial charge in [0.1, 0.15) is 11.8 Å². The van der Waals surface area contributed by atoms with Crippen LogP contribution >= 0.6 is 0 Å². The molecule has 270 valence electrons. The van der Waals surface area contributed by atoms with Crippen molar-refractivity contribution in [3.8, 4) is 17.0 Å². The number of amides is 4. The molecule has 5 heterocycles. The summed E-state index contributed by atoms with van der Waals surface area (Å²) in [6.45, 7) is 4.06. The van der Waals surface area contributed by atoms with Crippen molar-refractivity contribution in [3.63, 3.8) is 0 Å². The van der Waals surface area contributed by atoms with Crippen LogP contribution in [0.3, 0.4) is 0 Å². The molecule has 5 aromatic rings. The highest BCUT2D eigenvalue weighted by Crippen LogP contribution is 2.32. The lowest BCUT2D eigenvalue weighted by molar-refractivity contribution is -0.136. The van der Waals surface area contributed by atoms with E-state index in [2.05, 4.69) is 31.0 Å². The number of nitrogens with one attached hydrogen (secondary N) is 1. The van der Waals surface area contributed by atoms with Crippen LogP contribution in [0, 0.1) is 0 Å². The zero-order valence-corrected chi connectivity index (χ0v) is 29.5. The molecule has 3 aliphatic rings. The summed E-state index contributed by atoms with van der Waals surface area (Å²) in [4.78, 5) is 66.4. The number of methoxy groups -OCH3 is 1. The summed E-state index contributed by atoms with van der Waals surface area (Å²) in [6.07, 6.45) is 8.91. The van der Waals surface area contributed by atoms with Crippen molar-refractivity contribution in [2.75, 3.05) is 38.2 Å². The second-order valence-electron chi connectivity index (χ2n) is 13.8. The maximum Gasteiger partial charge on any atom is 0.262 e. The fourth-order valence-electron chi connectivity index (χ4n) is 7.61. The van der Waals surface area contributed by atoms with Gasteiger partial charge in [-0.1, -0.05) is 24.3 Å². The Bertz CT molecular complexity index is 2200. The Balaban J connectivity index is 0.957. The number of aromatic nitrogens is 4.